The smallest absolute Gasteiger partial charge is 0.268 e. The summed E-state index contributed by atoms with van der Waals surface area (Å²) < 4.78 is 0. The second-order valence-corrected chi connectivity index (χ2v) is 6.47. The largest absolute Gasteiger partial charge is 0.391 e. The van der Waals surface area contributed by atoms with E-state index in [-0.39, 0.29) is 0 Å². The molecule has 0 unspecified atom stereocenters. The van der Waals surface area contributed by atoms with Gasteiger partial charge in [0.25, 0.3) is 11.8 Å². The quantitative estimate of drug-likeness (QED) is 0.474. The highest BCUT2D eigenvalue weighted by atomic mass is 32.1. The molecule has 0 radical (unpaired) electrons. The number of hydroxylamine groups is 1. The second-order valence-electron chi connectivity index (χ2n) is 5.38. The molecule has 2 rings (SSSR count). The van der Waals surface area contributed by atoms with E-state index in [4.69, 9.17) is 5.21 Å². The maximum Gasteiger partial charge on any atom is 0.268 e. The number of aliphatic hydroxyl groups is 1. The van der Waals surface area contributed by atoms with Gasteiger partial charge in [-0.15, -0.1) is 11.3 Å². The van der Waals surface area contributed by atoms with Crippen molar-refractivity contribution in [3.05, 3.63) is 46.8 Å². The van der Waals surface area contributed by atoms with Gasteiger partial charge in [0.05, 0.1) is 11.0 Å². The predicted octanol–water partition coefficient (Wildman–Crippen LogP) is 1.96. The molecule has 128 valence electrons. The molecule has 1 aromatic carbocycles. The monoisotopic (exact) mass is 348 g/mol. The molecule has 1 heterocycles. The average molecular weight is 348 g/mol. The zero-order valence-corrected chi connectivity index (χ0v) is 14.3. The van der Waals surface area contributed by atoms with Crippen LogP contribution in [0.1, 0.15) is 29.1 Å². The number of carbonyl (C=O) groups is 2. The summed E-state index contributed by atoms with van der Waals surface area (Å²) >= 11 is 1.29. The van der Waals surface area contributed by atoms with E-state index in [1.54, 1.807) is 6.07 Å². The van der Waals surface area contributed by atoms with Gasteiger partial charge in [-0.05, 0) is 36.6 Å². The van der Waals surface area contributed by atoms with E-state index in [2.05, 4.69) is 12.2 Å². The van der Waals surface area contributed by atoms with E-state index in [1.165, 1.54) is 29.3 Å². The molecule has 0 aliphatic carbocycles. The first-order chi connectivity index (χ1) is 11.5. The van der Waals surface area contributed by atoms with Gasteiger partial charge in [-0.25, -0.2) is 5.48 Å². The number of hydrogen-bond acceptors (Lipinski definition) is 5. The molecule has 0 aliphatic heterocycles. The predicted molar refractivity (Wildman–Crippen MR) is 92.0 cm³/mol. The Morgan fingerprint density at radius 2 is 1.83 bits per heavy atom. The van der Waals surface area contributed by atoms with Crippen LogP contribution in [-0.4, -0.2) is 34.3 Å². The fourth-order valence-corrected chi connectivity index (χ4v) is 3.12. The van der Waals surface area contributed by atoms with Crippen LogP contribution in [0.5, 0.6) is 0 Å². The molecule has 4 N–H and O–H groups in total. The summed E-state index contributed by atoms with van der Waals surface area (Å²) in [4.78, 5) is 25.1. The van der Waals surface area contributed by atoms with Gasteiger partial charge in [0, 0.05) is 4.88 Å². The van der Waals surface area contributed by atoms with Crippen LogP contribution >= 0.6 is 11.3 Å². The lowest BCUT2D eigenvalue weighted by atomic mass is 10.1. The third-order valence-electron chi connectivity index (χ3n) is 3.64. The maximum absolute atomic E-state index is 12.3. The minimum atomic E-state index is -1.23. The topological polar surface area (TPSA) is 98.7 Å². The molecule has 0 saturated heterocycles. The van der Waals surface area contributed by atoms with Crippen molar-refractivity contribution in [3.63, 3.8) is 0 Å². The molecule has 1 aromatic heterocycles. The third kappa shape index (κ3) is 4.19. The number of aliphatic hydroxyl groups excluding tert-OH is 1. The Bertz CT molecular complexity index is 710. The van der Waals surface area contributed by atoms with Gasteiger partial charge in [-0.1, -0.05) is 31.2 Å². The fraction of sp³-hybridized carbons (Fsp3) is 0.294. The minimum absolute atomic E-state index is 0.418. The molecule has 2 aromatic rings. The molecule has 0 saturated carbocycles. The van der Waals surface area contributed by atoms with Crippen molar-refractivity contribution >= 4 is 23.2 Å². The Balaban J connectivity index is 2.13. The highest BCUT2D eigenvalue weighted by molar-refractivity contribution is 7.17. The summed E-state index contributed by atoms with van der Waals surface area (Å²) in [6.07, 6.45) is -0.173. The van der Waals surface area contributed by atoms with E-state index in [1.807, 2.05) is 30.3 Å². The molecule has 2 amide bonds. The summed E-state index contributed by atoms with van der Waals surface area (Å²) in [5.74, 6) is -1.35. The Morgan fingerprint density at radius 1 is 1.17 bits per heavy atom. The van der Waals surface area contributed by atoms with Gasteiger partial charge >= 0.3 is 0 Å². The minimum Gasteiger partial charge on any atom is -0.391 e. The van der Waals surface area contributed by atoms with Crippen LogP contribution in [0.2, 0.25) is 0 Å². The van der Waals surface area contributed by atoms with Crippen molar-refractivity contribution in [3.8, 4) is 10.4 Å². The van der Waals surface area contributed by atoms with E-state index in [9.17, 15) is 14.7 Å². The molecule has 0 spiro atoms. The van der Waals surface area contributed by atoms with Crippen LogP contribution in [0.15, 0.2) is 36.4 Å². The molecule has 7 heteroatoms. The lowest BCUT2D eigenvalue weighted by Gasteiger charge is -2.18. The number of amides is 2. The van der Waals surface area contributed by atoms with Gasteiger partial charge in [-0.2, -0.15) is 0 Å². The lowest BCUT2D eigenvalue weighted by Crippen LogP contribution is -2.51. The molecule has 24 heavy (non-hydrogen) atoms. The summed E-state index contributed by atoms with van der Waals surface area (Å²) in [5.41, 5.74) is 3.68. The highest BCUT2D eigenvalue weighted by Crippen LogP contribution is 2.28. The molecule has 0 fully saturated rings. The molecular weight excluding hydrogens is 328 g/mol. The Morgan fingerprint density at radius 3 is 2.38 bits per heavy atom. The van der Waals surface area contributed by atoms with Gasteiger partial charge in [-0.3, -0.25) is 14.8 Å². The van der Waals surface area contributed by atoms with Crippen molar-refractivity contribution in [2.75, 3.05) is 0 Å². The molecule has 2 atom stereocenters. The second kappa shape index (κ2) is 8.05. The normalized spacial score (nSPS) is 13.2. The number of hydrogen-bond donors (Lipinski definition) is 4. The zero-order valence-electron chi connectivity index (χ0n) is 13.4. The summed E-state index contributed by atoms with van der Waals surface area (Å²) in [7, 11) is 0. The van der Waals surface area contributed by atoms with Crippen molar-refractivity contribution in [1.29, 1.82) is 0 Å². The Labute approximate surface area is 144 Å². The van der Waals surface area contributed by atoms with Crippen molar-refractivity contribution < 1.29 is 19.9 Å². The van der Waals surface area contributed by atoms with Crippen LogP contribution in [0.3, 0.4) is 0 Å². The van der Waals surface area contributed by atoms with Crippen LogP contribution in [-0.2, 0) is 11.2 Å². The molecule has 0 aliphatic rings. The van der Waals surface area contributed by atoms with Crippen LogP contribution in [0.4, 0.5) is 0 Å². The highest BCUT2D eigenvalue weighted by Gasteiger charge is 2.26. The zero-order chi connectivity index (χ0) is 17.7. The van der Waals surface area contributed by atoms with E-state index < -0.39 is 24.0 Å². The maximum atomic E-state index is 12.3. The van der Waals surface area contributed by atoms with Gasteiger partial charge in [0.1, 0.15) is 6.04 Å². The number of thiophene rings is 1. The van der Waals surface area contributed by atoms with Crippen LogP contribution in [0.25, 0.3) is 10.4 Å². The summed E-state index contributed by atoms with van der Waals surface area (Å²) in [6, 6.07) is 10.4. The molecule has 6 nitrogen and oxygen atoms in total. The Kier molecular flexibility index (Phi) is 6.08. The number of aryl methyl sites for hydroxylation is 1. The Hall–Kier alpha value is -2.22. The first-order valence-electron chi connectivity index (χ1n) is 7.58. The number of benzene rings is 1. The summed E-state index contributed by atoms with van der Waals surface area (Å²) in [6.45, 7) is 3.44. The van der Waals surface area contributed by atoms with Crippen LogP contribution in [0, 0.1) is 0 Å². The van der Waals surface area contributed by atoms with Gasteiger partial charge in [0.15, 0.2) is 0 Å². The van der Waals surface area contributed by atoms with Crippen LogP contribution < -0.4 is 10.8 Å². The summed E-state index contributed by atoms with van der Waals surface area (Å²) in [5, 5.41) is 20.6. The number of rotatable bonds is 6. The van der Waals surface area contributed by atoms with Crippen molar-refractivity contribution in [2.45, 2.75) is 32.4 Å². The van der Waals surface area contributed by atoms with Gasteiger partial charge in [0.2, 0.25) is 0 Å². The van der Waals surface area contributed by atoms with E-state index in [0.717, 1.165) is 16.9 Å². The van der Waals surface area contributed by atoms with E-state index in [0.29, 0.717) is 4.88 Å². The first kappa shape index (κ1) is 18.1. The molecular formula is C17H20N2O4S. The van der Waals surface area contributed by atoms with E-state index >= 15 is 0 Å². The number of carbonyl (C=O) groups excluding carboxylic acids is 2. The SMILES string of the molecule is CCc1ccc(-c2ccc(C(=O)N[C@H](C(=O)NO)[C@@H](C)O)s2)cc1. The molecule has 0 bridgehead atoms. The van der Waals surface area contributed by atoms with Crippen molar-refractivity contribution in [1.82, 2.24) is 10.8 Å². The number of nitrogens with one attached hydrogen (secondary N) is 2. The fourth-order valence-electron chi connectivity index (χ4n) is 2.21. The lowest BCUT2D eigenvalue weighted by molar-refractivity contribution is -0.133. The van der Waals surface area contributed by atoms with Crippen molar-refractivity contribution in [2.24, 2.45) is 0 Å². The standard InChI is InChI=1S/C17H20N2O4S/c1-3-11-4-6-12(7-5-11)13-8-9-14(24-13)16(21)18-15(10(2)20)17(22)19-23/h4-10,15,20,23H,3H2,1-2H3,(H,18,21)(H,19,22)/t10-,15+/m1/s1. The first-order valence-corrected chi connectivity index (χ1v) is 8.40. The third-order valence-corrected chi connectivity index (χ3v) is 4.77. The average Bonchev–Trinajstić information content (AvgIpc) is 3.08. The van der Waals surface area contributed by atoms with Gasteiger partial charge < -0.3 is 10.4 Å².